The molecule has 0 atom stereocenters. The monoisotopic (exact) mass is 254 g/mol. The van der Waals surface area contributed by atoms with Crippen LogP contribution in [0.15, 0.2) is 48.5 Å². The molecule has 0 aliphatic carbocycles. The van der Waals surface area contributed by atoms with Crippen molar-refractivity contribution in [2.24, 2.45) is 0 Å². The van der Waals surface area contributed by atoms with E-state index in [9.17, 15) is 0 Å². The Morgan fingerprint density at radius 2 is 1.94 bits per heavy atom. The Labute approximate surface area is 108 Å². The first kappa shape index (κ1) is 10.1. The van der Waals surface area contributed by atoms with Crippen LogP contribution in [-0.4, -0.2) is 0 Å². The third-order valence-corrected chi connectivity index (χ3v) is 4.30. The highest BCUT2D eigenvalue weighted by Crippen LogP contribution is 2.36. The molecule has 0 unspecified atom stereocenters. The van der Waals surface area contributed by atoms with Gasteiger partial charge < -0.3 is 4.89 Å². The molecule has 0 spiro atoms. The highest BCUT2D eigenvalue weighted by molar-refractivity contribution is 7.22. The van der Waals surface area contributed by atoms with Gasteiger partial charge in [0.25, 0.3) is 0 Å². The molecule has 0 N–H and O–H groups in total. The van der Waals surface area contributed by atoms with Crippen LogP contribution >= 0.6 is 11.3 Å². The number of benzene rings is 2. The van der Waals surface area contributed by atoms with Crippen LogP contribution in [0, 0.1) is 0 Å². The van der Waals surface area contributed by atoms with Gasteiger partial charge in [-0.15, -0.1) is 11.3 Å². The maximum absolute atomic E-state index is 5.05. The summed E-state index contributed by atoms with van der Waals surface area (Å²) in [6.07, 6.45) is 0. The molecule has 18 heavy (non-hydrogen) atoms. The van der Waals surface area contributed by atoms with Crippen LogP contribution < -0.4 is 4.89 Å². The van der Waals surface area contributed by atoms with Crippen molar-refractivity contribution in [2.45, 2.75) is 6.61 Å². The van der Waals surface area contributed by atoms with Gasteiger partial charge in [-0.1, -0.05) is 18.2 Å². The smallest absolute Gasteiger partial charge is 0.171 e. The molecule has 3 heteroatoms. The lowest BCUT2D eigenvalue weighted by Gasteiger charge is -1.99. The van der Waals surface area contributed by atoms with Crippen molar-refractivity contribution >= 4 is 21.4 Å². The van der Waals surface area contributed by atoms with Gasteiger partial charge in [-0.05, 0) is 41.3 Å². The molecule has 0 radical (unpaired) electrons. The molecule has 4 rings (SSSR count). The fourth-order valence-electron chi connectivity index (χ4n) is 2.21. The lowest BCUT2D eigenvalue weighted by Crippen LogP contribution is -1.80. The standard InChI is InChI=1S/C15H10O2S/c1-2-4-14-10(3-1)8-15(18-14)11-5-6-13-12(7-11)9-16-17-13/h1-8H,9H2. The van der Waals surface area contributed by atoms with Crippen molar-refractivity contribution in [3.63, 3.8) is 0 Å². The third kappa shape index (κ3) is 1.52. The molecule has 0 amide bonds. The lowest BCUT2D eigenvalue weighted by atomic mass is 10.1. The van der Waals surface area contributed by atoms with Gasteiger partial charge in [0.2, 0.25) is 0 Å². The van der Waals surface area contributed by atoms with E-state index in [0.29, 0.717) is 6.61 Å². The molecule has 1 aliphatic heterocycles. The number of rotatable bonds is 1. The van der Waals surface area contributed by atoms with Gasteiger partial charge in [0.15, 0.2) is 5.75 Å². The van der Waals surface area contributed by atoms with Gasteiger partial charge in [0.05, 0.1) is 0 Å². The highest BCUT2D eigenvalue weighted by Gasteiger charge is 2.15. The summed E-state index contributed by atoms with van der Waals surface area (Å²) >= 11 is 1.81. The molecular formula is C15H10O2S. The minimum atomic E-state index is 0.536. The number of hydrogen-bond donors (Lipinski definition) is 0. The van der Waals surface area contributed by atoms with E-state index < -0.39 is 0 Å². The first-order valence-corrected chi connectivity index (χ1v) is 6.63. The normalized spacial score (nSPS) is 13.6. The van der Waals surface area contributed by atoms with Crippen molar-refractivity contribution < 1.29 is 9.78 Å². The average molecular weight is 254 g/mol. The van der Waals surface area contributed by atoms with Gasteiger partial charge >= 0.3 is 0 Å². The Morgan fingerprint density at radius 1 is 1.00 bits per heavy atom. The maximum Gasteiger partial charge on any atom is 0.171 e. The topological polar surface area (TPSA) is 18.5 Å². The zero-order chi connectivity index (χ0) is 11.9. The van der Waals surface area contributed by atoms with Crippen LogP contribution in [0.1, 0.15) is 5.56 Å². The molecule has 1 aromatic heterocycles. The van der Waals surface area contributed by atoms with Crippen LogP contribution in [0.25, 0.3) is 20.5 Å². The Kier molecular flexibility index (Phi) is 2.15. The van der Waals surface area contributed by atoms with Crippen molar-refractivity contribution in [2.75, 3.05) is 0 Å². The van der Waals surface area contributed by atoms with Crippen molar-refractivity contribution in [3.8, 4) is 16.2 Å². The maximum atomic E-state index is 5.05. The average Bonchev–Trinajstić information content (AvgIpc) is 3.04. The van der Waals surface area contributed by atoms with Crippen LogP contribution in [0.2, 0.25) is 0 Å². The summed E-state index contributed by atoms with van der Waals surface area (Å²) in [6, 6.07) is 16.9. The molecule has 3 aromatic rings. The lowest BCUT2D eigenvalue weighted by molar-refractivity contribution is -0.194. The van der Waals surface area contributed by atoms with E-state index in [2.05, 4.69) is 42.5 Å². The Balaban J connectivity index is 1.86. The van der Waals surface area contributed by atoms with Crippen molar-refractivity contribution in [1.29, 1.82) is 0 Å². The SMILES string of the molecule is c1ccc2sc(-c3ccc4c(c3)COO4)cc2c1. The minimum Gasteiger partial charge on any atom is -0.337 e. The summed E-state index contributed by atoms with van der Waals surface area (Å²) < 4.78 is 1.32. The predicted octanol–water partition coefficient (Wildman–Crippen LogP) is 4.39. The fourth-order valence-corrected chi connectivity index (χ4v) is 3.27. The third-order valence-electron chi connectivity index (χ3n) is 3.13. The minimum absolute atomic E-state index is 0.536. The van der Waals surface area contributed by atoms with E-state index in [-0.39, 0.29) is 0 Å². The number of hydrogen-bond acceptors (Lipinski definition) is 3. The quantitative estimate of drug-likeness (QED) is 0.599. The van der Waals surface area contributed by atoms with E-state index in [4.69, 9.17) is 9.78 Å². The van der Waals surface area contributed by atoms with Crippen molar-refractivity contribution in [1.82, 2.24) is 0 Å². The summed E-state index contributed by atoms with van der Waals surface area (Å²) in [5.74, 6) is 0.833. The van der Waals surface area contributed by atoms with Crippen LogP contribution in [0.3, 0.4) is 0 Å². The zero-order valence-electron chi connectivity index (χ0n) is 9.55. The summed E-state index contributed by atoms with van der Waals surface area (Å²) in [5, 5.41) is 1.30. The molecule has 0 saturated heterocycles. The van der Waals surface area contributed by atoms with E-state index in [1.807, 2.05) is 17.4 Å². The number of thiophene rings is 1. The predicted molar refractivity (Wildman–Crippen MR) is 72.7 cm³/mol. The molecule has 2 aromatic carbocycles. The van der Waals surface area contributed by atoms with E-state index in [0.717, 1.165) is 11.3 Å². The second-order valence-electron chi connectivity index (χ2n) is 4.32. The second kappa shape index (κ2) is 3.83. The molecule has 2 heterocycles. The van der Waals surface area contributed by atoms with Crippen molar-refractivity contribution in [3.05, 3.63) is 54.1 Å². The summed E-state index contributed by atoms with van der Waals surface area (Å²) in [7, 11) is 0. The first-order valence-electron chi connectivity index (χ1n) is 5.81. The Morgan fingerprint density at radius 3 is 2.89 bits per heavy atom. The molecule has 88 valence electrons. The van der Waals surface area contributed by atoms with E-state index in [1.165, 1.54) is 20.5 Å². The van der Waals surface area contributed by atoms with Crippen LogP contribution in [0.4, 0.5) is 0 Å². The molecule has 0 bridgehead atoms. The van der Waals surface area contributed by atoms with Gasteiger partial charge in [0.1, 0.15) is 6.61 Å². The Hall–Kier alpha value is -1.84. The molecular weight excluding hydrogens is 244 g/mol. The Bertz CT molecular complexity index is 697. The molecule has 0 saturated carbocycles. The number of fused-ring (bicyclic) bond motifs is 2. The summed E-state index contributed by atoms with van der Waals surface area (Å²) in [6.45, 7) is 0.536. The van der Waals surface area contributed by atoms with Gasteiger partial charge in [-0.2, -0.15) is 4.89 Å². The largest absolute Gasteiger partial charge is 0.337 e. The first-order chi connectivity index (χ1) is 8.90. The molecule has 0 fully saturated rings. The highest BCUT2D eigenvalue weighted by atomic mass is 32.1. The van der Waals surface area contributed by atoms with Gasteiger partial charge in [0, 0.05) is 15.1 Å². The van der Waals surface area contributed by atoms with Gasteiger partial charge in [-0.25, -0.2) is 0 Å². The van der Waals surface area contributed by atoms with E-state index in [1.54, 1.807) is 0 Å². The summed E-state index contributed by atoms with van der Waals surface area (Å²) in [4.78, 5) is 11.3. The van der Waals surface area contributed by atoms with E-state index >= 15 is 0 Å². The molecule has 2 nitrogen and oxygen atoms in total. The van der Waals surface area contributed by atoms with Crippen LogP contribution in [-0.2, 0) is 11.5 Å². The zero-order valence-corrected chi connectivity index (χ0v) is 10.4. The summed E-state index contributed by atoms with van der Waals surface area (Å²) in [5.41, 5.74) is 2.34. The second-order valence-corrected chi connectivity index (χ2v) is 5.40. The van der Waals surface area contributed by atoms with Gasteiger partial charge in [-0.3, -0.25) is 0 Å². The van der Waals surface area contributed by atoms with Crippen LogP contribution in [0.5, 0.6) is 5.75 Å². The fraction of sp³-hybridized carbons (Fsp3) is 0.0667. The molecule has 1 aliphatic rings.